The highest BCUT2D eigenvalue weighted by molar-refractivity contribution is 5.73. The molecule has 0 unspecified atom stereocenters. The molecule has 0 saturated heterocycles. The van der Waals surface area contributed by atoms with Gasteiger partial charge in [0.05, 0.1) is 18.8 Å². The van der Waals surface area contributed by atoms with Crippen LogP contribution >= 0.6 is 0 Å². The fourth-order valence-corrected chi connectivity index (χ4v) is 2.45. The van der Waals surface area contributed by atoms with E-state index in [2.05, 4.69) is 15.6 Å². The van der Waals surface area contributed by atoms with Gasteiger partial charge in [-0.05, 0) is 12.8 Å². The molecule has 2 rings (SSSR count). The first kappa shape index (κ1) is 14.8. The summed E-state index contributed by atoms with van der Waals surface area (Å²) in [7, 11) is 1.70. The van der Waals surface area contributed by atoms with Gasteiger partial charge in [-0.25, -0.2) is 9.78 Å². The van der Waals surface area contributed by atoms with E-state index in [0.717, 1.165) is 25.0 Å². The number of amides is 2. The van der Waals surface area contributed by atoms with Crippen molar-refractivity contribution in [3.8, 4) is 0 Å². The molecule has 6 nitrogen and oxygen atoms in total. The molecule has 1 saturated carbocycles. The standard InChI is InChI=1S/C14H23N3O3/c1-3-12-17-11(8-20-12)7-15-13(18)16-9-14(10-19-2)5-4-6-14/h8H,3-7,9-10H2,1-2H3,(H2,15,16,18). The fourth-order valence-electron chi connectivity index (χ4n) is 2.45. The minimum absolute atomic E-state index is 0.134. The average Bonchev–Trinajstić information content (AvgIpc) is 2.87. The maximum absolute atomic E-state index is 11.8. The van der Waals surface area contributed by atoms with Gasteiger partial charge < -0.3 is 19.8 Å². The number of methoxy groups -OCH3 is 1. The summed E-state index contributed by atoms with van der Waals surface area (Å²) in [6.45, 7) is 3.72. The Morgan fingerprint density at radius 1 is 1.50 bits per heavy atom. The number of oxazole rings is 1. The van der Waals surface area contributed by atoms with Crippen molar-refractivity contribution in [3.05, 3.63) is 17.8 Å². The number of hydrogen-bond donors (Lipinski definition) is 2. The lowest BCUT2D eigenvalue weighted by Gasteiger charge is -2.41. The highest BCUT2D eigenvalue weighted by Crippen LogP contribution is 2.40. The van der Waals surface area contributed by atoms with E-state index in [1.165, 1.54) is 6.42 Å². The van der Waals surface area contributed by atoms with Crippen molar-refractivity contribution >= 4 is 6.03 Å². The summed E-state index contributed by atoms with van der Waals surface area (Å²) in [6, 6.07) is -0.173. The molecule has 0 radical (unpaired) electrons. The van der Waals surface area contributed by atoms with E-state index in [1.54, 1.807) is 13.4 Å². The van der Waals surface area contributed by atoms with Gasteiger partial charge in [0.1, 0.15) is 6.26 Å². The molecular weight excluding hydrogens is 258 g/mol. The van der Waals surface area contributed by atoms with Crippen LogP contribution in [0.5, 0.6) is 0 Å². The Morgan fingerprint density at radius 2 is 2.30 bits per heavy atom. The molecule has 2 amide bonds. The third-order valence-corrected chi connectivity index (χ3v) is 3.82. The Bertz CT molecular complexity index is 441. The first-order valence-corrected chi connectivity index (χ1v) is 7.11. The molecule has 6 heteroatoms. The van der Waals surface area contributed by atoms with Crippen LogP contribution in [0.3, 0.4) is 0 Å². The monoisotopic (exact) mass is 281 g/mol. The van der Waals surface area contributed by atoms with Gasteiger partial charge in [-0.3, -0.25) is 0 Å². The van der Waals surface area contributed by atoms with Gasteiger partial charge in [-0.15, -0.1) is 0 Å². The smallest absolute Gasteiger partial charge is 0.315 e. The Kier molecular flexibility index (Phi) is 5.00. The molecule has 1 heterocycles. The zero-order chi connectivity index (χ0) is 14.4. The predicted molar refractivity (Wildman–Crippen MR) is 74.3 cm³/mol. The molecule has 112 valence electrons. The first-order valence-electron chi connectivity index (χ1n) is 7.11. The largest absolute Gasteiger partial charge is 0.449 e. The minimum Gasteiger partial charge on any atom is -0.449 e. The van der Waals surface area contributed by atoms with Crippen molar-refractivity contribution in [2.45, 2.75) is 39.2 Å². The Hall–Kier alpha value is -1.56. The maximum Gasteiger partial charge on any atom is 0.315 e. The molecule has 20 heavy (non-hydrogen) atoms. The van der Waals surface area contributed by atoms with Crippen LogP contribution < -0.4 is 10.6 Å². The first-order chi connectivity index (χ1) is 9.67. The van der Waals surface area contributed by atoms with Gasteiger partial charge in [0, 0.05) is 25.5 Å². The zero-order valence-electron chi connectivity index (χ0n) is 12.2. The number of carbonyl (C=O) groups is 1. The number of nitrogens with one attached hydrogen (secondary N) is 2. The number of carbonyl (C=O) groups excluding carboxylic acids is 1. The van der Waals surface area contributed by atoms with Crippen LogP contribution in [0.1, 0.15) is 37.8 Å². The second-order valence-electron chi connectivity index (χ2n) is 5.41. The molecular formula is C14H23N3O3. The van der Waals surface area contributed by atoms with Crippen LogP contribution in [0.2, 0.25) is 0 Å². The Balaban J connectivity index is 1.70. The van der Waals surface area contributed by atoms with E-state index in [4.69, 9.17) is 9.15 Å². The summed E-state index contributed by atoms with van der Waals surface area (Å²) >= 11 is 0. The molecule has 1 aromatic rings. The quantitative estimate of drug-likeness (QED) is 0.799. The number of aromatic nitrogens is 1. The number of rotatable bonds is 7. The molecule has 0 aromatic carbocycles. The summed E-state index contributed by atoms with van der Waals surface area (Å²) in [5.74, 6) is 0.690. The molecule has 0 spiro atoms. The second kappa shape index (κ2) is 6.74. The van der Waals surface area contributed by atoms with Crippen molar-refractivity contribution in [3.63, 3.8) is 0 Å². The number of aryl methyl sites for hydroxylation is 1. The van der Waals surface area contributed by atoms with Gasteiger partial charge in [0.15, 0.2) is 5.89 Å². The molecule has 1 aromatic heterocycles. The van der Waals surface area contributed by atoms with E-state index in [0.29, 0.717) is 25.6 Å². The lowest BCUT2D eigenvalue weighted by atomic mass is 9.69. The molecule has 1 aliphatic rings. The van der Waals surface area contributed by atoms with Gasteiger partial charge >= 0.3 is 6.03 Å². The highest BCUT2D eigenvalue weighted by atomic mass is 16.5. The van der Waals surface area contributed by atoms with Crippen LogP contribution in [-0.2, 0) is 17.7 Å². The average molecular weight is 281 g/mol. The van der Waals surface area contributed by atoms with Crippen molar-refractivity contribution < 1.29 is 13.9 Å². The summed E-state index contributed by atoms with van der Waals surface area (Å²) < 4.78 is 10.5. The van der Waals surface area contributed by atoms with Crippen LogP contribution in [-0.4, -0.2) is 31.3 Å². The number of urea groups is 1. The molecule has 1 aliphatic carbocycles. The fraction of sp³-hybridized carbons (Fsp3) is 0.714. The normalized spacial score (nSPS) is 16.5. The molecule has 0 atom stereocenters. The van der Waals surface area contributed by atoms with Gasteiger partial charge in [-0.2, -0.15) is 0 Å². The summed E-state index contributed by atoms with van der Waals surface area (Å²) in [4.78, 5) is 16.0. The zero-order valence-corrected chi connectivity index (χ0v) is 12.2. The van der Waals surface area contributed by atoms with E-state index < -0.39 is 0 Å². The molecule has 1 fully saturated rings. The summed E-state index contributed by atoms with van der Waals surface area (Å²) in [5, 5.41) is 5.70. The Morgan fingerprint density at radius 3 is 2.85 bits per heavy atom. The van der Waals surface area contributed by atoms with Crippen molar-refractivity contribution in [1.29, 1.82) is 0 Å². The molecule has 2 N–H and O–H groups in total. The van der Waals surface area contributed by atoms with Crippen molar-refractivity contribution in [2.75, 3.05) is 20.3 Å². The van der Waals surface area contributed by atoms with Crippen LogP contribution in [0, 0.1) is 5.41 Å². The van der Waals surface area contributed by atoms with Crippen LogP contribution in [0.15, 0.2) is 10.7 Å². The lowest BCUT2D eigenvalue weighted by Crippen LogP contribution is -2.47. The van der Waals surface area contributed by atoms with Gasteiger partial charge in [0.2, 0.25) is 0 Å². The van der Waals surface area contributed by atoms with E-state index in [9.17, 15) is 4.79 Å². The van der Waals surface area contributed by atoms with Crippen molar-refractivity contribution in [2.24, 2.45) is 5.41 Å². The number of ether oxygens (including phenoxy) is 1. The summed E-state index contributed by atoms with van der Waals surface area (Å²) in [5.41, 5.74) is 0.877. The maximum atomic E-state index is 11.8. The van der Waals surface area contributed by atoms with Gasteiger partial charge in [-0.1, -0.05) is 13.3 Å². The highest BCUT2D eigenvalue weighted by Gasteiger charge is 2.37. The molecule has 0 bridgehead atoms. The second-order valence-corrected chi connectivity index (χ2v) is 5.41. The minimum atomic E-state index is -0.173. The number of nitrogens with zero attached hydrogens (tertiary/aromatic N) is 1. The number of hydrogen-bond acceptors (Lipinski definition) is 4. The van der Waals surface area contributed by atoms with E-state index in [1.807, 2.05) is 6.92 Å². The predicted octanol–water partition coefficient (Wildman–Crippen LogP) is 1.85. The van der Waals surface area contributed by atoms with E-state index >= 15 is 0 Å². The molecule has 0 aliphatic heterocycles. The topological polar surface area (TPSA) is 76.4 Å². The van der Waals surface area contributed by atoms with Crippen LogP contribution in [0.4, 0.5) is 4.79 Å². The van der Waals surface area contributed by atoms with Crippen LogP contribution in [0.25, 0.3) is 0 Å². The third-order valence-electron chi connectivity index (χ3n) is 3.82. The third kappa shape index (κ3) is 3.72. The SMILES string of the molecule is CCc1nc(CNC(=O)NCC2(COC)CCC2)co1. The van der Waals surface area contributed by atoms with Gasteiger partial charge in [0.25, 0.3) is 0 Å². The van der Waals surface area contributed by atoms with Crippen molar-refractivity contribution in [1.82, 2.24) is 15.6 Å². The Labute approximate surface area is 119 Å². The summed E-state index contributed by atoms with van der Waals surface area (Å²) in [6.07, 6.45) is 5.78. The lowest BCUT2D eigenvalue weighted by molar-refractivity contribution is 0.0200. The van der Waals surface area contributed by atoms with E-state index in [-0.39, 0.29) is 11.4 Å².